The Morgan fingerprint density at radius 3 is 2.68 bits per heavy atom. The Bertz CT molecular complexity index is 1150. The number of aromatic amines is 1. The molecular weight excluding hydrogens is 354 g/mol. The van der Waals surface area contributed by atoms with E-state index >= 15 is 0 Å². The molecule has 0 aliphatic heterocycles. The zero-order valence-electron chi connectivity index (χ0n) is 16.2. The first-order valence-electron chi connectivity index (χ1n) is 8.89. The molecule has 1 atom stereocenters. The molecule has 0 saturated carbocycles. The van der Waals surface area contributed by atoms with Crippen LogP contribution >= 0.6 is 0 Å². The number of aromatic nitrogens is 3. The largest absolute Gasteiger partial charge is 0.345 e. The maximum Gasteiger partial charge on any atom is 0.266 e. The standard InChI is InChI=1S/C21H21N5O2/c1-12-7-5-6-8-19(12)26-15(4)18(11-23-26)14(3)25-21(28)17-9-16(10-22)20(27)24-13(17)2/h5-9,11,14H,1-4H3,(H,24,27)(H,25,28)/t14-/m1/s1. The summed E-state index contributed by atoms with van der Waals surface area (Å²) in [5, 5.41) is 16.4. The monoisotopic (exact) mass is 375 g/mol. The molecule has 3 rings (SSSR count). The summed E-state index contributed by atoms with van der Waals surface area (Å²) < 4.78 is 1.85. The highest BCUT2D eigenvalue weighted by atomic mass is 16.2. The normalized spacial score (nSPS) is 11.7. The van der Waals surface area contributed by atoms with Gasteiger partial charge in [0.1, 0.15) is 11.6 Å². The third kappa shape index (κ3) is 3.45. The fourth-order valence-electron chi connectivity index (χ4n) is 3.19. The SMILES string of the molecule is Cc1ccccc1-n1ncc([C@@H](C)NC(=O)c2cc(C#N)c(=O)[nH]c2C)c1C. The Morgan fingerprint density at radius 2 is 2.00 bits per heavy atom. The van der Waals surface area contributed by atoms with Crippen LogP contribution in [-0.4, -0.2) is 20.7 Å². The molecule has 2 N–H and O–H groups in total. The second-order valence-electron chi connectivity index (χ2n) is 6.74. The molecule has 28 heavy (non-hydrogen) atoms. The van der Waals surface area contributed by atoms with Crippen LogP contribution in [0, 0.1) is 32.1 Å². The van der Waals surface area contributed by atoms with Gasteiger partial charge in [-0.25, -0.2) is 4.68 Å². The average Bonchev–Trinajstić information content (AvgIpc) is 3.03. The van der Waals surface area contributed by atoms with Crippen molar-refractivity contribution >= 4 is 5.91 Å². The first kappa shape index (κ1) is 19.1. The zero-order chi connectivity index (χ0) is 20.4. The van der Waals surface area contributed by atoms with Gasteiger partial charge in [-0.15, -0.1) is 0 Å². The number of amides is 1. The van der Waals surface area contributed by atoms with Gasteiger partial charge in [-0.1, -0.05) is 18.2 Å². The van der Waals surface area contributed by atoms with Crippen molar-refractivity contribution in [2.45, 2.75) is 33.7 Å². The summed E-state index contributed by atoms with van der Waals surface area (Å²) >= 11 is 0. The van der Waals surface area contributed by atoms with Crippen molar-refractivity contribution in [3.8, 4) is 11.8 Å². The van der Waals surface area contributed by atoms with Gasteiger partial charge in [0, 0.05) is 17.0 Å². The molecule has 0 aliphatic rings. The highest BCUT2D eigenvalue weighted by Gasteiger charge is 2.19. The molecule has 7 nitrogen and oxygen atoms in total. The summed E-state index contributed by atoms with van der Waals surface area (Å²) in [4.78, 5) is 26.9. The van der Waals surface area contributed by atoms with Gasteiger partial charge in [-0.2, -0.15) is 10.4 Å². The van der Waals surface area contributed by atoms with Crippen LogP contribution in [0.3, 0.4) is 0 Å². The van der Waals surface area contributed by atoms with E-state index in [4.69, 9.17) is 5.26 Å². The topological polar surface area (TPSA) is 104 Å². The Kier molecular flexibility index (Phi) is 5.14. The number of aryl methyl sites for hydroxylation is 2. The molecule has 7 heteroatoms. The van der Waals surface area contributed by atoms with Crippen molar-refractivity contribution in [3.05, 3.63) is 80.5 Å². The van der Waals surface area contributed by atoms with E-state index in [1.54, 1.807) is 19.2 Å². The number of rotatable bonds is 4. The predicted molar refractivity (Wildman–Crippen MR) is 105 cm³/mol. The fourth-order valence-corrected chi connectivity index (χ4v) is 3.19. The summed E-state index contributed by atoms with van der Waals surface area (Å²) in [5.41, 5.74) is 4.00. The number of pyridine rings is 1. The van der Waals surface area contributed by atoms with E-state index in [2.05, 4.69) is 15.4 Å². The minimum atomic E-state index is -0.500. The Labute approximate surface area is 162 Å². The molecule has 0 fully saturated rings. The number of carbonyl (C=O) groups excluding carboxylic acids is 1. The Balaban J connectivity index is 1.88. The van der Waals surface area contributed by atoms with Crippen LogP contribution in [0.4, 0.5) is 0 Å². The van der Waals surface area contributed by atoms with Crippen LogP contribution in [0.15, 0.2) is 41.3 Å². The highest BCUT2D eigenvalue weighted by molar-refractivity contribution is 5.95. The first-order valence-corrected chi connectivity index (χ1v) is 8.89. The minimum Gasteiger partial charge on any atom is -0.345 e. The number of para-hydroxylation sites is 1. The third-order valence-electron chi connectivity index (χ3n) is 4.81. The van der Waals surface area contributed by atoms with Crippen molar-refractivity contribution in [3.63, 3.8) is 0 Å². The summed E-state index contributed by atoms with van der Waals surface area (Å²) in [6.07, 6.45) is 1.74. The molecule has 0 unspecified atom stereocenters. The van der Waals surface area contributed by atoms with E-state index in [-0.39, 0.29) is 23.1 Å². The number of hydrogen-bond acceptors (Lipinski definition) is 4. The fraction of sp³-hybridized carbons (Fsp3) is 0.238. The van der Waals surface area contributed by atoms with Gasteiger partial charge in [-0.05, 0) is 45.4 Å². The van der Waals surface area contributed by atoms with Crippen LogP contribution < -0.4 is 10.9 Å². The number of benzene rings is 1. The lowest BCUT2D eigenvalue weighted by Crippen LogP contribution is -2.29. The number of hydrogen-bond donors (Lipinski definition) is 2. The molecule has 0 saturated heterocycles. The molecule has 1 amide bonds. The van der Waals surface area contributed by atoms with Crippen molar-refractivity contribution in [2.24, 2.45) is 0 Å². The van der Waals surface area contributed by atoms with Gasteiger partial charge in [0.05, 0.1) is 23.5 Å². The molecule has 2 aromatic heterocycles. The molecule has 0 aliphatic carbocycles. The molecule has 2 heterocycles. The Morgan fingerprint density at radius 1 is 1.29 bits per heavy atom. The van der Waals surface area contributed by atoms with Crippen molar-refractivity contribution < 1.29 is 4.79 Å². The molecule has 0 spiro atoms. The van der Waals surface area contributed by atoms with Crippen LogP contribution in [-0.2, 0) is 0 Å². The van der Waals surface area contributed by atoms with E-state index in [9.17, 15) is 9.59 Å². The van der Waals surface area contributed by atoms with Gasteiger partial charge < -0.3 is 10.3 Å². The summed E-state index contributed by atoms with van der Waals surface area (Å²) in [6, 6.07) is 10.8. The van der Waals surface area contributed by atoms with Crippen LogP contribution in [0.25, 0.3) is 5.69 Å². The van der Waals surface area contributed by atoms with Gasteiger partial charge in [0.15, 0.2) is 0 Å². The van der Waals surface area contributed by atoms with Gasteiger partial charge in [0.25, 0.3) is 11.5 Å². The van der Waals surface area contributed by atoms with Crippen molar-refractivity contribution in [2.75, 3.05) is 0 Å². The van der Waals surface area contributed by atoms with E-state index in [0.717, 1.165) is 22.5 Å². The van der Waals surface area contributed by atoms with E-state index in [1.807, 2.05) is 49.7 Å². The van der Waals surface area contributed by atoms with Crippen molar-refractivity contribution in [1.29, 1.82) is 5.26 Å². The lowest BCUT2D eigenvalue weighted by atomic mass is 10.1. The van der Waals surface area contributed by atoms with Crippen LogP contribution in [0.1, 0.15) is 51.4 Å². The van der Waals surface area contributed by atoms with E-state index in [0.29, 0.717) is 5.69 Å². The second-order valence-corrected chi connectivity index (χ2v) is 6.74. The smallest absolute Gasteiger partial charge is 0.266 e. The lowest BCUT2D eigenvalue weighted by Gasteiger charge is -2.15. The number of nitrogens with one attached hydrogen (secondary N) is 2. The van der Waals surface area contributed by atoms with Gasteiger partial charge in [0.2, 0.25) is 0 Å². The van der Waals surface area contributed by atoms with E-state index in [1.165, 1.54) is 6.07 Å². The molecule has 1 aromatic carbocycles. The van der Waals surface area contributed by atoms with Crippen LogP contribution in [0.2, 0.25) is 0 Å². The summed E-state index contributed by atoms with van der Waals surface area (Å²) in [7, 11) is 0. The predicted octanol–water partition coefficient (Wildman–Crippen LogP) is 2.85. The van der Waals surface area contributed by atoms with Gasteiger partial charge in [-0.3, -0.25) is 9.59 Å². The number of nitriles is 1. The molecular formula is C21H21N5O2. The molecule has 0 bridgehead atoms. The maximum atomic E-state index is 12.7. The second kappa shape index (κ2) is 7.53. The third-order valence-corrected chi connectivity index (χ3v) is 4.81. The quantitative estimate of drug-likeness (QED) is 0.732. The number of carbonyl (C=O) groups is 1. The molecule has 0 radical (unpaired) electrons. The lowest BCUT2D eigenvalue weighted by molar-refractivity contribution is 0.0938. The van der Waals surface area contributed by atoms with Crippen molar-refractivity contribution in [1.82, 2.24) is 20.1 Å². The van der Waals surface area contributed by atoms with Gasteiger partial charge >= 0.3 is 0 Å². The number of H-pyrrole nitrogens is 1. The molecule has 3 aromatic rings. The molecule has 142 valence electrons. The number of nitrogens with zero attached hydrogens (tertiary/aromatic N) is 3. The Hall–Kier alpha value is -3.66. The first-order chi connectivity index (χ1) is 13.3. The minimum absolute atomic E-state index is 0.0908. The average molecular weight is 375 g/mol. The zero-order valence-corrected chi connectivity index (χ0v) is 16.2. The highest BCUT2D eigenvalue weighted by Crippen LogP contribution is 2.22. The summed E-state index contributed by atoms with van der Waals surface area (Å²) in [5.74, 6) is -0.360. The maximum absolute atomic E-state index is 12.7. The van der Waals surface area contributed by atoms with Crippen LogP contribution in [0.5, 0.6) is 0 Å². The summed E-state index contributed by atoms with van der Waals surface area (Å²) in [6.45, 7) is 7.48. The van der Waals surface area contributed by atoms with E-state index < -0.39 is 5.56 Å².